The van der Waals surface area contributed by atoms with Crippen LogP contribution in [0, 0.1) is 0 Å². The molecule has 1 N–H and O–H groups in total. The highest BCUT2D eigenvalue weighted by Gasteiger charge is 2.21. The van der Waals surface area contributed by atoms with Crippen LogP contribution in [-0.4, -0.2) is 31.1 Å². The van der Waals surface area contributed by atoms with Crippen molar-refractivity contribution in [1.29, 1.82) is 0 Å². The summed E-state index contributed by atoms with van der Waals surface area (Å²) in [5.41, 5.74) is 2.71. The van der Waals surface area contributed by atoms with Crippen LogP contribution in [-0.2, 0) is 13.1 Å². The van der Waals surface area contributed by atoms with Crippen LogP contribution in [0.3, 0.4) is 0 Å². The van der Waals surface area contributed by atoms with Gasteiger partial charge in [0.05, 0.1) is 7.11 Å². The van der Waals surface area contributed by atoms with Gasteiger partial charge >= 0.3 is 0 Å². The molecule has 0 radical (unpaired) electrons. The molecule has 3 heteroatoms. The highest BCUT2D eigenvalue weighted by atomic mass is 16.5. The zero-order valence-corrected chi connectivity index (χ0v) is 13.2. The van der Waals surface area contributed by atoms with Gasteiger partial charge in [0.15, 0.2) is 0 Å². The topological polar surface area (TPSA) is 24.5 Å². The van der Waals surface area contributed by atoms with Gasteiger partial charge in [-0.15, -0.1) is 0 Å². The molecule has 0 aromatic heterocycles. The summed E-state index contributed by atoms with van der Waals surface area (Å²) in [4.78, 5) is 2.53. The minimum Gasteiger partial charge on any atom is -0.497 e. The van der Waals surface area contributed by atoms with Crippen molar-refractivity contribution in [3.05, 3.63) is 65.7 Å². The van der Waals surface area contributed by atoms with E-state index in [1.165, 1.54) is 24.1 Å². The SMILES string of the molecule is COc1ccc(CN[C@H]2CCN(Cc3ccccc3)C2)cc1. The largest absolute Gasteiger partial charge is 0.497 e. The summed E-state index contributed by atoms with van der Waals surface area (Å²) in [5.74, 6) is 0.915. The Morgan fingerprint density at radius 3 is 2.55 bits per heavy atom. The lowest BCUT2D eigenvalue weighted by atomic mass is 10.2. The molecule has 0 unspecified atom stereocenters. The molecule has 3 nitrogen and oxygen atoms in total. The molecule has 1 aliphatic rings. The fraction of sp³-hybridized carbons (Fsp3) is 0.368. The zero-order valence-electron chi connectivity index (χ0n) is 13.2. The van der Waals surface area contributed by atoms with Crippen LogP contribution in [0.1, 0.15) is 17.5 Å². The predicted molar refractivity (Wildman–Crippen MR) is 90.0 cm³/mol. The lowest BCUT2D eigenvalue weighted by molar-refractivity contribution is 0.320. The van der Waals surface area contributed by atoms with E-state index in [0.717, 1.165) is 25.4 Å². The lowest BCUT2D eigenvalue weighted by Crippen LogP contribution is -2.31. The van der Waals surface area contributed by atoms with Gasteiger partial charge in [-0.2, -0.15) is 0 Å². The minimum absolute atomic E-state index is 0.589. The molecule has 22 heavy (non-hydrogen) atoms. The maximum Gasteiger partial charge on any atom is 0.118 e. The van der Waals surface area contributed by atoms with E-state index in [0.29, 0.717) is 6.04 Å². The predicted octanol–water partition coefficient (Wildman–Crippen LogP) is 3.06. The summed E-state index contributed by atoms with van der Waals surface area (Å²) in [6, 6.07) is 19.6. The van der Waals surface area contributed by atoms with Gasteiger partial charge in [0.25, 0.3) is 0 Å². The maximum atomic E-state index is 5.19. The van der Waals surface area contributed by atoms with Crippen molar-refractivity contribution in [1.82, 2.24) is 10.2 Å². The Morgan fingerprint density at radius 1 is 1.05 bits per heavy atom. The van der Waals surface area contributed by atoms with E-state index < -0.39 is 0 Å². The average molecular weight is 296 g/mol. The molecule has 3 rings (SSSR count). The fourth-order valence-electron chi connectivity index (χ4n) is 2.99. The molecule has 1 heterocycles. The first-order valence-electron chi connectivity index (χ1n) is 7.96. The highest BCUT2D eigenvalue weighted by Crippen LogP contribution is 2.15. The van der Waals surface area contributed by atoms with Crippen molar-refractivity contribution >= 4 is 0 Å². The standard InChI is InChI=1S/C19H24N2O/c1-22-19-9-7-16(8-10-19)13-20-18-11-12-21(15-18)14-17-5-3-2-4-6-17/h2-10,18,20H,11-15H2,1H3/t18-/m0/s1. The van der Waals surface area contributed by atoms with E-state index in [-0.39, 0.29) is 0 Å². The first kappa shape index (κ1) is 15.1. The second-order valence-electron chi connectivity index (χ2n) is 5.94. The van der Waals surface area contributed by atoms with Gasteiger partial charge in [0.2, 0.25) is 0 Å². The van der Waals surface area contributed by atoms with Gasteiger partial charge < -0.3 is 10.1 Å². The van der Waals surface area contributed by atoms with E-state index in [4.69, 9.17) is 4.74 Å². The Labute approximate surface area is 132 Å². The van der Waals surface area contributed by atoms with E-state index in [2.05, 4.69) is 52.7 Å². The van der Waals surface area contributed by atoms with Crippen LogP contribution in [0.25, 0.3) is 0 Å². The van der Waals surface area contributed by atoms with Crippen molar-refractivity contribution in [3.8, 4) is 5.75 Å². The van der Waals surface area contributed by atoms with E-state index in [1.807, 2.05) is 12.1 Å². The normalized spacial score (nSPS) is 18.5. The molecular formula is C19H24N2O. The smallest absolute Gasteiger partial charge is 0.118 e. The third kappa shape index (κ3) is 4.09. The first-order chi connectivity index (χ1) is 10.8. The second kappa shape index (κ2) is 7.43. The molecule has 116 valence electrons. The van der Waals surface area contributed by atoms with E-state index in [9.17, 15) is 0 Å². The molecule has 1 saturated heterocycles. The van der Waals surface area contributed by atoms with Crippen molar-refractivity contribution in [2.24, 2.45) is 0 Å². The molecule has 1 aliphatic heterocycles. The maximum absolute atomic E-state index is 5.19. The third-order valence-electron chi connectivity index (χ3n) is 4.28. The van der Waals surface area contributed by atoms with Gasteiger partial charge in [-0.1, -0.05) is 42.5 Å². The zero-order chi connectivity index (χ0) is 15.2. The summed E-state index contributed by atoms with van der Waals surface area (Å²) >= 11 is 0. The Morgan fingerprint density at radius 2 is 1.82 bits per heavy atom. The number of hydrogen-bond acceptors (Lipinski definition) is 3. The summed E-state index contributed by atoms with van der Waals surface area (Å²) in [5, 5.41) is 3.67. The van der Waals surface area contributed by atoms with Gasteiger partial charge in [0, 0.05) is 32.2 Å². The summed E-state index contributed by atoms with van der Waals surface area (Å²) < 4.78 is 5.19. The Balaban J connectivity index is 1.44. The third-order valence-corrected chi connectivity index (χ3v) is 4.28. The van der Waals surface area contributed by atoms with Crippen molar-refractivity contribution in [2.45, 2.75) is 25.6 Å². The van der Waals surface area contributed by atoms with Crippen LogP contribution >= 0.6 is 0 Å². The molecule has 1 atom stereocenters. The van der Waals surface area contributed by atoms with Crippen LogP contribution in [0.5, 0.6) is 5.75 Å². The highest BCUT2D eigenvalue weighted by molar-refractivity contribution is 5.27. The minimum atomic E-state index is 0.589. The summed E-state index contributed by atoms with van der Waals surface area (Å²) in [6.45, 7) is 4.29. The van der Waals surface area contributed by atoms with Crippen LogP contribution in [0.4, 0.5) is 0 Å². The second-order valence-corrected chi connectivity index (χ2v) is 5.94. The molecule has 0 saturated carbocycles. The Kier molecular flexibility index (Phi) is 5.09. The van der Waals surface area contributed by atoms with Crippen molar-refractivity contribution in [2.75, 3.05) is 20.2 Å². The number of nitrogens with zero attached hydrogens (tertiary/aromatic N) is 1. The molecule has 0 amide bonds. The first-order valence-corrected chi connectivity index (χ1v) is 7.96. The van der Waals surface area contributed by atoms with Gasteiger partial charge in [-0.25, -0.2) is 0 Å². The van der Waals surface area contributed by atoms with E-state index >= 15 is 0 Å². The molecule has 2 aromatic carbocycles. The number of benzene rings is 2. The monoisotopic (exact) mass is 296 g/mol. The Bertz CT molecular complexity index is 568. The lowest BCUT2D eigenvalue weighted by Gasteiger charge is -2.17. The van der Waals surface area contributed by atoms with Gasteiger partial charge in [0.1, 0.15) is 5.75 Å². The number of nitrogens with one attached hydrogen (secondary N) is 1. The fourth-order valence-corrected chi connectivity index (χ4v) is 2.99. The summed E-state index contributed by atoms with van der Waals surface area (Å²) in [6.07, 6.45) is 1.23. The molecule has 0 spiro atoms. The number of methoxy groups -OCH3 is 1. The van der Waals surface area contributed by atoms with Crippen molar-refractivity contribution < 1.29 is 4.74 Å². The number of ether oxygens (including phenoxy) is 1. The number of hydrogen-bond donors (Lipinski definition) is 1. The molecule has 2 aromatic rings. The quantitative estimate of drug-likeness (QED) is 0.886. The molecule has 1 fully saturated rings. The summed E-state index contributed by atoms with van der Waals surface area (Å²) in [7, 11) is 1.70. The Hall–Kier alpha value is -1.84. The molecule has 0 bridgehead atoms. The molecule has 0 aliphatic carbocycles. The van der Waals surface area contributed by atoms with Gasteiger partial charge in [-0.05, 0) is 29.7 Å². The van der Waals surface area contributed by atoms with Crippen LogP contribution < -0.4 is 10.1 Å². The van der Waals surface area contributed by atoms with Crippen LogP contribution in [0.15, 0.2) is 54.6 Å². The van der Waals surface area contributed by atoms with Crippen LogP contribution in [0.2, 0.25) is 0 Å². The number of rotatable bonds is 6. The van der Waals surface area contributed by atoms with Crippen molar-refractivity contribution in [3.63, 3.8) is 0 Å². The average Bonchev–Trinajstić information content (AvgIpc) is 3.02. The van der Waals surface area contributed by atoms with Gasteiger partial charge in [-0.3, -0.25) is 4.90 Å². The number of likely N-dealkylation sites (tertiary alicyclic amines) is 1. The van der Waals surface area contributed by atoms with E-state index in [1.54, 1.807) is 7.11 Å². The molecular weight excluding hydrogens is 272 g/mol.